The number of nitrogens with zero attached hydrogens (tertiary/aromatic N) is 2. The molecule has 1 N–H and O–H groups in total. The predicted octanol–water partition coefficient (Wildman–Crippen LogP) is 3.29. The second-order valence-electron chi connectivity index (χ2n) is 8.43. The van der Waals surface area contributed by atoms with Gasteiger partial charge < -0.3 is 5.32 Å². The monoisotopic (exact) mass is 491 g/mol. The fourth-order valence-electron chi connectivity index (χ4n) is 4.20. The number of anilines is 1. The fraction of sp³-hybridized carbons (Fsp3) is 0.435. The standard InChI is InChI=1S/C23H29N3O5S2/c27-23(19-7-11-21(12-8-19)32(28,29)26-17-5-6-18-26)24-20-9-13-22(14-10-20)33(30,31)25-15-3-1-2-4-16-25/h7-14H,1-6,15-18H2,(H,24,27). The molecule has 2 saturated heterocycles. The van der Waals surface area contributed by atoms with Crippen LogP contribution in [0.25, 0.3) is 0 Å². The Bertz CT molecular complexity index is 1180. The van der Waals surface area contributed by atoms with Gasteiger partial charge in [0.05, 0.1) is 9.79 Å². The average Bonchev–Trinajstić information content (AvgIpc) is 3.23. The maximum atomic E-state index is 12.9. The first-order valence-corrected chi connectivity index (χ1v) is 14.2. The molecule has 0 radical (unpaired) electrons. The van der Waals surface area contributed by atoms with Crippen LogP contribution in [0.1, 0.15) is 48.9 Å². The van der Waals surface area contributed by atoms with Gasteiger partial charge in [0.15, 0.2) is 0 Å². The predicted molar refractivity (Wildman–Crippen MR) is 126 cm³/mol. The molecule has 8 nitrogen and oxygen atoms in total. The summed E-state index contributed by atoms with van der Waals surface area (Å²) in [6.45, 7) is 2.11. The Morgan fingerprint density at radius 2 is 1.00 bits per heavy atom. The molecule has 1 amide bonds. The molecule has 10 heteroatoms. The van der Waals surface area contributed by atoms with Crippen molar-refractivity contribution in [2.45, 2.75) is 48.3 Å². The molecule has 2 heterocycles. The average molecular weight is 492 g/mol. The zero-order chi connectivity index (χ0) is 23.5. The van der Waals surface area contributed by atoms with Crippen molar-refractivity contribution in [2.24, 2.45) is 0 Å². The van der Waals surface area contributed by atoms with E-state index in [1.807, 2.05) is 0 Å². The summed E-state index contributed by atoms with van der Waals surface area (Å²) in [6.07, 6.45) is 5.54. The number of sulfonamides is 2. The van der Waals surface area contributed by atoms with Gasteiger partial charge in [-0.15, -0.1) is 0 Å². The molecule has 0 aliphatic carbocycles. The smallest absolute Gasteiger partial charge is 0.255 e. The van der Waals surface area contributed by atoms with Crippen LogP contribution < -0.4 is 5.32 Å². The minimum absolute atomic E-state index is 0.170. The van der Waals surface area contributed by atoms with E-state index in [2.05, 4.69) is 5.32 Å². The number of hydrogen-bond acceptors (Lipinski definition) is 5. The Kier molecular flexibility index (Phi) is 7.18. The molecule has 178 valence electrons. The van der Waals surface area contributed by atoms with Crippen molar-refractivity contribution >= 4 is 31.6 Å². The van der Waals surface area contributed by atoms with Gasteiger partial charge >= 0.3 is 0 Å². The maximum absolute atomic E-state index is 12.9. The SMILES string of the molecule is O=C(Nc1ccc(S(=O)(=O)N2CCCCCC2)cc1)c1ccc(S(=O)(=O)N2CCCC2)cc1. The van der Waals surface area contributed by atoms with Crippen molar-refractivity contribution in [3.8, 4) is 0 Å². The quantitative estimate of drug-likeness (QED) is 0.668. The minimum atomic E-state index is -3.55. The number of benzene rings is 2. The molecule has 0 spiro atoms. The van der Waals surface area contributed by atoms with E-state index >= 15 is 0 Å². The molecule has 0 aromatic heterocycles. The molecule has 0 saturated carbocycles. The third kappa shape index (κ3) is 5.29. The highest BCUT2D eigenvalue weighted by Crippen LogP contribution is 2.23. The lowest BCUT2D eigenvalue weighted by Gasteiger charge is -2.20. The summed E-state index contributed by atoms with van der Waals surface area (Å²) in [7, 11) is -7.08. The van der Waals surface area contributed by atoms with Crippen molar-refractivity contribution in [1.29, 1.82) is 0 Å². The zero-order valence-electron chi connectivity index (χ0n) is 18.4. The Morgan fingerprint density at radius 3 is 1.45 bits per heavy atom. The van der Waals surface area contributed by atoms with Gasteiger partial charge in [-0.1, -0.05) is 12.8 Å². The number of rotatable bonds is 6. The second-order valence-corrected chi connectivity index (χ2v) is 12.3. The summed E-state index contributed by atoms with van der Waals surface area (Å²) in [5.41, 5.74) is 0.778. The lowest BCUT2D eigenvalue weighted by molar-refractivity contribution is 0.102. The molecule has 4 rings (SSSR count). The zero-order valence-corrected chi connectivity index (χ0v) is 20.1. The van der Waals surface area contributed by atoms with Gasteiger partial charge in [-0.25, -0.2) is 16.8 Å². The van der Waals surface area contributed by atoms with Crippen molar-refractivity contribution in [2.75, 3.05) is 31.5 Å². The van der Waals surface area contributed by atoms with Crippen LogP contribution in [0.5, 0.6) is 0 Å². The highest BCUT2D eigenvalue weighted by molar-refractivity contribution is 7.89. The number of hydrogen-bond donors (Lipinski definition) is 1. The van der Waals surface area contributed by atoms with E-state index in [-0.39, 0.29) is 9.79 Å². The van der Waals surface area contributed by atoms with Crippen LogP contribution in [0.2, 0.25) is 0 Å². The number of carbonyl (C=O) groups excluding carboxylic acids is 1. The largest absolute Gasteiger partial charge is 0.322 e. The summed E-state index contributed by atoms with van der Waals surface area (Å²) in [6, 6.07) is 12.0. The molecular formula is C23H29N3O5S2. The summed E-state index contributed by atoms with van der Waals surface area (Å²) < 4.78 is 54.0. The molecule has 0 unspecified atom stereocenters. The Hall–Kier alpha value is -2.27. The first-order valence-electron chi connectivity index (χ1n) is 11.3. The Balaban J connectivity index is 1.42. The number of carbonyl (C=O) groups is 1. The maximum Gasteiger partial charge on any atom is 0.255 e. The first-order chi connectivity index (χ1) is 15.8. The molecule has 0 bridgehead atoms. The minimum Gasteiger partial charge on any atom is -0.322 e. The van der Waals surface area contributed by atoms with Gasteiger partial charge in [0, 0.05) is 37.4 Å². The molecule has 0 atom stereocenters. The normalized spacial score (nSPS) is 18.7. The molecule has 33 heavy (non-hydrogen) atoms. The van der Waals surface area contributed by atoms with Crippen LogP contribution in [0.15, 0.2) is 58.3 Å². The van der Waals surface area contributed by atoms with E-state index in [0.717, 1.165) is 38.5 Å². The van der Waals surface area contributed by atoms with E-state index in [0.29, 0.717) is 37.4 Å². The summed E-state index contributed by atoms with van der Waals surface area (Å²) in [4.78, 5) is 13.0. The fourth-order valence-corrected chi connectivity index (χ4v) is 7.23. The van der Waals surface area contributed by atoms with Gasteiger partial charge in [0.2, 0.25) is 20.0 Å². The van der Waals surface area contributed by atoms with E-state index < -0.39 is 26.0 Å². The third-order valence-electron chi connectivity index (χ3n) is 6.13. The Morgan fingerprint density at radius 1 is 0.606 bits per heavy atom. The lowest BCUT2D eigenvalue weighted by Crippen LogP contribution is -2.31. The first kappa shape index (κ1) is 23.9. The van der Waals surface area contributed by atoms with Crippen molar-refractivity contribution in [1.82, 2.24) is 8.61 Å². The summed E-state index contributed by atoms with van der Waals surface area (Å²) >= 11 is 0. The van der Waals surface area contributed by atoms with E-state index in [1.165, 1.54) is 45.0 Å². The van der Waals surface area contributed by atoms with Crippen molar-refractivity contribution in [3.63, 3.8) is 0 Å². The number of amides is 1. The Labute approximate surface area is 195 Å². The van der Waals surface area contributed by atoms with Crippen LogP contribution in [0.3, 0.4) is 0 Å². The van der Waals surface area contributed by atoms with Crippen molar-refractivity contribution < 1.29 is 21.6 Å². The second kappa shape index (κ2) is 9.92. The lowest BCUT2D eigenvalue weighted by atomic mass is 10.2. The van der Waals surface area contributed by atoms with Crippen LogP contribution >= 0.6 is 0 Å². The van der Waals surface area contributed by atoms with E-state index in [4.69, 9.17) is 0 Å². The van der Waals surface area contributed by atoms with Gasteiger partial charge in [-0.05, 0) is 74.2 Å². The molecule has 2 fully saturated rings. The van der Waals surface area contributed by atoms with Crippen LogP contribution in [0.4, 0.5) is 5.69 Å². The number of nitrogens with one attached hydrogen (secondary N) is 1. The molecular weight excluding hydrogens is 462 g/mol. The van der Waals surface area contributed by atoms with Crippen LogP contribution in [-0.4, -0.2) is 57.5 Å². The van der Waals surface area contributed by atoms with Crippen molar-refractivity contribution in [3.05, 3.63) is 54.1 Å². The highest BCUT2D eigenvalue weighted by Gasteiger charge is 2.27. The third-order valence-corrected chi connectivity index (χ3v) is 9.96. The molecule has 2 aliphatic rings. The summed E-state index contributed by atoms with van der Waals surface area (Å²) in [5, 5.41) is 2.73. The molecule has 2 aromatic carbocycles. The van der Waals surface area contributed by atoms with E-state index in [9.17, 15) is 21.6 Å². The van der Waals surface area contributed by atoms with Gasteiger partial charge in [-0.2, -0.15) is 8.61 Å². The van der Waals surface area contributed by atoms with Gasteiger partial charge in [0.25, 0.3) is 5.91 Å². The highest BCUT2D eigenvalue weighted by atomic mass is 32.2. The topological polar surface area (TPSA) is 104 Å². The van der Waals surface area contributed by atoms with Crippen LogP contribution in [-0.2, 0) is 20.0 Å². The summed E-state index contributed by atoms with van der Waals surface area (Å²) in [5.74, 6) is -0.400. The van der Waals surface area contributed by atoms with E-state index in [1.54, 1.807) is 12.1 Å². The van der Waals surface area contributed by atoms with Gasteiger partial charge in [0.1, 0.15) is 0 Å². The van der Waals surface area contributed by atoms with Gasteiger partial charge in [-0.3, -0.25) is 4.79 Å². The van der Waals surface area contributed by atoms with Crippen LogP contribution in [0, 0.1) is 0 Å². The molecule has 2 aliphatic heterocycles. The molecule has 2 aromatic rings.